The molecular weight excluding hydrogens is 278 g/mol. The first-order valence-electron chi connectivity index (χ1n) is 6.12. The van der Waals surface area contributed by atoms with Crippen molar-refractivity contribution in [1.29, 1.82) is 5.26 Å². The van der Waals surface area contributed by atoms with Crippen molar-refractivity contribution in [3.63, 3.8) is 0 Å². The second-order valence-electron chi connectivity index (χ2n) is 4.54. The fraction of sp³-hybridized carbons (Fsp3) is 0.500. The largest absolute Gasteiger partial charge is 0.492 e. The summed E-state index contributed by atoms with van der Waals surface area (Å²) in [7, 11) is 0. The lowest BCUT2D eigenvalue weighted by atomic mass is 9.90. The number of hydrogen-bond acceptors (Lipinski definition) is 2. The van der Waals surface area contributed by atoms with Gasteiger partial charge in [-0.1, -0.05) is 25.3 Å². The van der Waals surface area contributed by atoms with Crippen LogP contribution in [0.4, 0.5) is 0 Å². The van der Waals surface area contributed by atoms with Gasteiger partial charge in [-0.05, 0) is 46.8 Å². The summed E-state index contributed by atoms with van der Waals surface area (Å²) < 4.78 is 6.60. The molecule has 0 aliphatic heterocycles. The molecule has 0 bridgehead atoms. The molecule has 1 saturated carbocycles. The van der Waals surface area contributed by atoms with E-state index in [4.69, 9.17) is 10.00 Å². The van der Waals surface area contributed by atoms with Crippen molar-refractivity contribution < 1.29 is 4.74 Å². The molecule has 90 valence electrons. The highest BCUT2D eigenvalue weighted by Crippen LogP contribution is 2.28. The molecule has 1 fully saturated rings. The van der Waals surface area contributed by atoms with Gasteiger partial charge in [0.15, 0.2) is 0 Å². The van der Waals surface area contributed by atoms with E-state index in [-0.39, 0.29) is 0 Å². The van der Waals surface area contributed by atoms with E-state index in [2.05, 4.69) is 22.0 Å². The first-order valence-corrected chi connectivity index (χ1v) is 6.92. The second-order valence-corrected chi connectivity index (χ2v) is 5.39. The van der Waals surface area contributed by atoms with Crippen LogP contribution >= 0.6 is 15.9 Å². The Bertz CT molecular complexity index is 419. The van der Waals surface area contributed by atoms with E-state index < -0.39 is 0 Å². The Labute approximate surface area is 111 Å². The highest BCUT2D eigenvalue weighted by molar-refractivity contribution is 9.10. The standard InChI is InChI=1S/C14H16BrNO/c15-13-7-4-8-14(12(13)9-16)17-10-11-5-2-1-3-6-11/h4,7-8,11H,1-3,5-6,10H2. The fourth-order valence-corrected chi connectivity index (χ4v) is 2.73. The van der Waals surface area contributed by atoms with E-state index in [1.54, 1.807) is 0 Å². The Morgan fingerprint density at radius 2 is 2.06 bits per heavy atom. The second kappa shape index (κ2) is 6.07. The van der Waals surface area contributed by atoms with Gasteiger partial charge in [-0.2, -0.15) is 5.26 Å². The third-order valence-electron chi connectivity index (χ3n) is 3.29. The highest BCUT2D eigenvalue weighted by Gasteiger charge is 2.15. The van der Waals surface area contributed by atoms with Crippen molar-refractivity contribution in [3.05, 3.63) is 28.2 Å². The Morgan fingerprint density at radius 1 is 1.29 bits per heavy atom. The molecule has 2 rings (SSSR count). The topological polar surface area (TPSA) is 33.0 Å². The zero-order valence-corrected chi connectivity index (χ0v) is 11.4. The molecule has 3 heteroatoms. The normalized spacial score (nSPS) is 16.5. The summed E-state index contributed by atoms with van der Waals surface area (Å²) in [6.07, 6.45) is 6.51. The molecule has 0 atom stereocenters. The zero-order valence-electron chi connectivity index (χ0n) is 9.79. The van der Waals surface area contributed by atoms with Gasteiger partial charge in [0.1, 0.15) is 17.4 Å². The Hall–Kier alpha value is -1.01. The number of benzene rings is 1. The summed E-state index contributed by atoms with van der Waals surface area (Å²) in [4.78, 5) is 0. The summed E-state index contributed by atoms with van der Waals surface area (Å²) in [5.74, 6) is 1.36. The summed E-state index contributed by atoms with van der Waals surface area (Å²) in [6.45, 7) is 0.741. The minimum Gasteiger partial charge on any atom is -0.492 e. The van der Waals surface area contributed by atoms with Crippen molar-refractivity contribution in [2.45, 2.75) is 32.1 Å². The van der Waals surface area contributed by atoms with Crippen LogP contribution < -0.4 is 4.74 Å². The first kappa shape index (κ1) is 12.4. The molecule has 0 amide bonds. The predicted octanol–water partition coefficient (Wildman–Crippen LogP) is 4.28. The van der Waals surface area contributed by atoms with Crippen LogP contribution in [0, 0.1) is 17.2 Å². The van der Waals surface area contributed by atoms with Gasteiger partial charge < -0.3 is 4.74 Å². The molecule has 0 N–H and O–H groups in total. The van der Waals surface area contributed by atoms with E-state index in [1.807, 2.05) is 18.2 Å². The summed E-state index contributed by atoms with van der Waals surface area (Å²) in [5, 5.41) is 9.08. The third kappa shape index (κ3) is 3.23. The van der Waals surface area contributed by atoms with Crippen molar-refractivity contribution in [2.75, 3.05) is 6.61 Å². The molecule has 0 radical (unpaired) electrons. The lowest BCUT2D eigenvalue weighted by Crippen LogP contribution is -2.15. The van der Waals surface area contributed by atoms with Gasteiger partial charge in [-0.15, -0.1) is 0 Å². The van der Waals surface area contributed by atoms with Gasteiger partial charge in [-0.3, -0.25) is 0 Å². The van der Waals surface area contributed by atoms with Gasteiger partial charge in [0.25, 0.3) is 0 Å². The maximum Gasteiger partial charge on any atom is 0.138 e. The van der Waals surface area contributed by atoms with Crippen LogP contribution in [0.25, 0.3) is 0 Å². The average Bonchev–Trinajstić information content (AvgIpc) is 2.37. The summed E-state index contributed by atoms with van der Waals surface area (Å²) >= 11 is 3.37. The molecular formula is C14H16BrNO. The average molecular weight is 294 g/mol. The van der Waals surface area contributed by atoms with Crippen LogP contribution in [0.15, 0.2) is 22.7 Å². The minimum absolute atomic E-state index is 0.600. The first-order chi connectivity index (χ1) is 8.31. The minimum atomic E-state index is 0.600. The van der Waals surface area contributed by atoms with Crippen LogP contribution in [0.2, 0.25) is 0 Å². The quantitative estimate of drug-likeness (QED) is 0.833. The maximum absolute atomic E-state index is 9.08. The number of hydrogen-bond donors (Lipinski definition) is 0. The lowest BCUT2D eigenvalue weighted by molar-refractivity contribution is 0.208. The molecule has 1 aliphatic rings. The number of rotatable bonds is 3. The van der Waals surface area contributed by atoms with Crippen LogP contribution in [-0.2, 0) is 0 Å². The molecule has 0 spiro atoms. The molecule has 0 heterocycles. The van der Waals surface area contributed by atoms with E-state index in [1.165, 1.54) is 32.1 Å². The number of ether oxygens (including phenoxy) is 1. The third-order valence-corrected chi connectivity index (χ3v) is 3.95. The van der Waals surface area contributed by atoms with Gasteiger partial charge in [0.2, 0.25) is 0 Å². The van der Waals surface area contributed by atoms with Crippen LogP contribution in [0.3, 0.4) is 0 Å². The fourth-order valence-electron chi connectivity index (χ4n) is 2.29. The SMILES string of the molecule is N#Cc1c(Br)cccc1OCC1CCCCC1. The lowest BCUT2D eigenvalue weighted by Gasteiger charge is -2.22. The summed E-state index contributed by atoms with van der Waals surface area (Å²) in [6, 6.07) is 7.82. The number of nitriles is 1. The van der Waals surface area contributed by atoms with E-state index in [9.17, 15) is 0 Å². The van der Waals surface area contributed by atoms with Crippen molar-refractivity contribution >= 4 is 15.9 Å². The highest BCUT2D eigenvalue weighted by atomic mass is 79.9. The van der Waals surface area contributed by atoms with Gasteiger partial charge in [0, 0.05) is 4.47 Å². The van der Waals surface area contributed by atoms with E-state index >= 15 is 0 Å². The summed E-state index contributed by atoms with van der Waals surface area (Å²) in [5.41, 5.74) is 0.600. The predicted molar refractivity (Wildman–Crippen MR) is 70.9 cm³/mol. The smallest absolute Gasteiger partial charge is 0.138 e. The molecule has 17 heavy (non-hydrogen) atoms. The van der Waals surface area contributed by atoms with Gasteiger partial charge >= 0.3 is 0 Å². The van der Waals surface area contributed by atoms with Crippen molar-refractivity contribution in [3.8, 4) is 11.8 Å². The molecule has 2 nitrogen and oxygen atoms in total. The molecule has 0 saturated heterocycles. The molecule has 1 aliphatic carbocycles. The van der Waals surface area contributed by atoms with Gasteiger partial charge in [0.05, 0.1) is 6.61 Å². The molecule has 1 aromatic rings. The van der Waals surface area contributed by atoms with Crippen LogP contribution in [0.1, 0.15) is 37.7 Å². The molecule has 0 unspecified atom stereocenters. The Morgan fingerprint density at radius 3 is 2.76 bits per heavy atom. The number of nitrogens with zero attached hydrogens (tertiary/aromatic N) is 1. The monoisotopic (exact) mass is 293 g/mol. The Kier molecular flexibility index (Phi) is 4.44. The zero-order chi connectivity index (χ0) is 12.1. The molecule has 1 aromatic carbocycles. The van der Waals surface area contributed by atoms with Crippen molar-refractivity contribution in [1.82, 2.24) is 0 Å². The van der Waals surface area contributed by atoms with E-state index in [0.29, 0.717) is 17.2 Å². The number of halogens is 1. The van der Waals surface area contributed by atoms with Crippen LogP contribution in [0.5, 0.6) is 5.75 Å². The maximum atomic E-state index is 9.08. The van der Waals surface area contributed by atoms with E-state index in [0.717, 1.165) is 11.1 Å². The van der Waals surface area contributed by atoms with Crippen LogP contribution in [-0.4, -0.2) is 6.61 Å². The van der Waals surface area contributed by atoms with Gasteiger partial charge in [-0.25, -0.2) is 0 Å². The molecule has 0 aromatic heterocycles. The Balaban J connectivity index is 1.99. The van der Waals surface area contributed by atoms with Crippen molar-refractivity contribution in [2.24, 2.45) is 5.92 Å².